The van der Waals surface area contributed by atoms with Gasteiger partial charge in [0, 0.05) is 6.08 Å². The summed E-state index contributed by atoms with van der Waals surface area (Å²) in [5, 5.41) is 8.60. The highest BCUT2D eigenvalue weighted by atomic mass is 16.3. The molecule has 0 saturated carbocycles. The van der Waals surface area contributed by atoms with E-state index in [1.165, 1.54) is 18.4 Å². The van der Waals surface area contributed by atoms with Crippen LogP contribution in [0.4, 0.5) is 0 Å². The molecule has 2 amide bonds. The Labute approximate surface area is 150 Å². The van der Waals surface area contributed by atoms with Gasteiger partial charge in [-0.15, -0.1) is 0 Å². The second-order valence-electron chi connectivity index (χ2n) is 5.47. The molecule has 2 N–H and O–H groups in total. The summed E-state index contributed by atoms with van der Waals surface area (Å²) < 4.78 is 5.07. The van der Waals surface area contributed by atoms with Crippen molar-refractivity contribution in [2.45, 2.75) is 0 Å². The Morgan fingerprint density at radius 1 is 1.04 bits per heavy atom. The van der Waals surface area contributed by atoms with Gasteiger partial charge < -0.3 is 9.73 Å². The van der Waals surface area contributed by atoms with Crippen LogP contribution < -0.4 is 10.7 Å². The number of hydrogen-bond acceptors (Lipinski definition) is 4. The van der Waals surface area contributed by atoms with Gasteiger partial charge in [0.05, 0.1) is 19.0 Å². The molecule has 3 rings (SSSR count). The van der Waals surface area contributed by atoms with Crippen LogP contribution in [0.3, 0.4) is 0 Å². The standard InChI is InChI=1S/C20H17N3O3/c24-19(10-9-18-6-3-11-26-18)21-14-20(25)23-22-13-15-7-8-16-4-1-2-5-17(16)12-15/h1-13H,14H2,(H,21,24)(H,23,25). The summed E-state index contributed by atoms with van der Waals surface area (Å²) in [5.74, 6) is -0.249. The second kappa shape index (κ2) is 8.43. The summed E-state index contributed by atoms with van der Waals surface area (Å²) in [4.78, 5) is 23.3. The van der Waals surface area contributed by atoms with E-state index in [0.717, 1.165) is 16.3 Å². The summed E-state index contributed by atoms with van der Waals surface area (Å²) in [7, 11) is 0. The number of nitrogens with zero attached hydrogens (tertiary/aromatic N) is 1. The summed E-state index contributed by atoms with van der Waals surface area (Å²) in [6.07, 6.45) is 5.89. The van der Waals surface area contributed by atoms with E-state index in [9.17, 15) is 9.59 Å². The fourth-order valence-electron chi connectivity index (χ4n) is 2.28. The molecule has 0 aliphatic rings. The lowest BCUT2D eigenvalue weighted by molar-refractivity contribution is -0.123. The van der Waals surface area contributed by atoms with Gasteiger partial charge in [0.15, 0.2) is 0 Å². The van der Waals surface area contributed by atoms with Gasteiger partial charge in [0.25, 0.3) is 5.91 Å². The number of nitrogens with one attached hydrogen (secondary N) is 2. The molecule has 0 atom stereocenters. The Balaban J connectivity index is 1.45. The zero-order valence-electron chi connectivity index (χ0n) is 13.9. The molecule has 2 aromatic carbocycles. The lowest BCUT2D eigenvalue weighted by atomic mass is 10.1. The third-order valence-corrected chi connectivity index (χ3v) is 3.54. The molecule has 0 fully saturated rings. The molecule has 6 nitrogen and oxygen atoms in total. The van der Waals surface area contributed by atoms with Crippen LogP contribution >= 0.6 is 0 Å². The molecule has 0 aliphatic heterocycles. The number of amides is 2. The Bertz CT molecular complexity index is 959. The van der Waals surface area contributed by atoms with Crippen LogP contribution in [-0.4, -0.2) is 24.6 Å². The van der Waals surface area contributed by atoms with Crippen molar-refractivity contribution < 1.29 is 14.0 Å². The SMILES string of the molecule is O=C(C=Cc1ccco1)NCC(=O)NN=Cc1ccc2ccccc2c1. The minimum Gasteiger partial charge on any atom is -0.465 e. The molecule has 1 heterocycles. The highest BCUT2D eigenvalue weighted by Gasteiger charge is 2.02. The smallest absolute Gasteiger partial charge is 0.259 e. The van der Waals surface area contributed by atoms with Gasteiger partial charge in [-0.25, -0.2) is 5.43 Å². The third-order valence-electron chi connectivity index (χ3n) is 3.54. The number of benzene rings is 2. The first kappa shape index (κ1) is 17.2. The highest BCUT2D eigenvalue weighted by molar-refractivity contribution is 5.94. The van der Waals surface area contributed by atoms with Gasteiger partial charge in [-0.05, 0) is 40.6 Å². The van der Waals surface area contributed by atoms with E-state index in [-0.39, 0.29) is 6.54 Å². The molecular weight excluding hydrogens is 330 g/mol. The van der Waals surface area contributed by atoms with Crippen LogP contribution in [0.2, 0.25) is 0 Å². The molecule has 0 unspecified atom stereocenters. The van der Waals surface area contributed by atoms with Crippen molar-refractivity contribution in [3.8, 4) is 0 Å². The van der Waals surface area contributed by atoms with Gasteiger partial charge in [-0.1, -0.05) is 36.4 Å². The average molecular weight is 347 g/mol. The van der Waals surface area contributed by atoms with E-state index in [1.807, 2.05) is 42.5 Å². The van der Waals surface area contributed by atoms with Crippen molar-refractivity contribution in [1.82, 2.24) is 10.7 Å². The van der Waals surface area contributed by atoms with E-state index in [2.05, 4.69) is 15.8 Å². The first-order valence-corrected chi connectivity index (χ1v) is 8.01. The van der Waals surface area contributed by atoms with Crippen molar-refractivity contribution in [1.29, 1.82) is 0 Å². The number of hydrogen-bond donors (Lipinski definition) is 2. The van der Waals surface area contributed by atoms with E-state index in [4.69, 9.17) is 4.42 Å². The minimum atomic E-state index is -0.415. The monoisotopic (exact) mass is 347 g/mol. The summed E-state index contributed by atoms with van der Waals surface area (Å²) >= 11 is 0. The van der Waals surface area contributed by atoms with Crippen LogP contribution in [0.1, 0.15) is 11.3 Å². The van der Waals surface area contributed by atoms with Crippen molar-refractivity contribution in [3.63, 3.8) is 0 Å². The molecule has 6 heteroatoms. The Kier molecular flexibility index (Phi) is 5.57. The second-order valence-corrected chi connectivity index (χ2v) is 5.47. The summed E-state index contributed by atoms with van der Waals surface area (Å²) in [5.41, 5.74) is 3.25. The quantitative estimate of drug-likeness (QED) is 0.408. The molecule has 0 saturated heterocycles. The van der Waals surface area contributed by atoms with Crippen LogP contribution in [0.25, 0.3) is 16.8 Å². The Morgan fingerprint density at radius 2 is 1.88 bits per heavy atom. The van der Waals surface area contributed by atoms with E-state index < -0.39 is 11.8 Å². The average Bonchev–Trinajstić information content (AvgIpc) is 3.18. The van der Waals surface area contributed by atoms with E-state index >= 15 is 0 Å². The molecule has 1 aromatic heterocycles. The summed E-state index contributed by atoms with van der Waals surface area (Å²) in [6.45, 7) is -0.170. The highest BCUT2D eigenvalue weighted by Crippen LogP contribution is 2.14. The van der Waals surface area contributed by atoms with Gasteiger partial charge in [-0.3, -0.25) is 9.59 Å². The molecule has 0 bridgehead atoms. The molecule has 130 valence electrons. The first-order chi connectivity index (χ1) is 12.7. The van der Waals surface area contributed by atoms with Crippen LogP contribution in [0, 0.1) is 0 Å². The van der Waals surface area contributed by atoms with Gasteiger partial charge in [0.1, 0.15) is 5.76 Å². The van der Waals surface area contributed by atoms with E-state index in [1.54, 1.807) is 18.3 Å². The first-order valence-electron chi connectivity index (χ1n) is 8.01. The predicted octanol–water partition coefficient (Wildman–Crippen LogP) is 2.71. The number of furan rings is 1. The number of fused-ring (bicyclic) bond motifs is 1. The third kappa shape index (κ3) is 4.91. The van der Waals surface area contributed by atoms with Crippen molar-refractivity contribution in [2.75, 3.05) is 6.54 Å². The minimum absolute atomic E-state index is 0.170. The number of carbonyl (C=O) groups is 2. The fraction of sp³-hybridized carbons (Fsp3) is 0.0500. The molecule has 0 radical (unpaired) electrons. The zero-order valence-corrected chi connectivity index (χ0v) is 13.9. The largest absolute Gasteiger partial charge is 0.465 e. The van der Waals surface area contributed by atoms with Crippen LogP contribution in [0.15, 0.2) is 76.5 Å². The number of carbonyl (C=O) groups excluding carboxylic acids is 2. The van der Waals surface area contributed by atoms with E-state index in [0.29, 0.717) is 5.76 Å². The lowest BCUT2D eigenvalue weighted by Gasteiger charge is -2.01. The number of rotatable bonds is 6. The van der Waals surface area contributed by atoms with Gasteiger partial charge in [-0.2, -0.15) is 5.10 Å². The summed E-state index contributed by atoms with van der Waals surface area (Å²) in [6, 6.07) is 17.3. The van der Waals surface area contributed by atoms with Crippen LogP contribution in [-0.2, 0) is 9.59 Å². The van der Waals surface area contributed by atoms with Crippen molar-refractivity contribution >= 4 is 34.9 Å². The molecule has 26 heavy (non-hydrogen) atoms. The maximum absolute atomic E-state index is 11.7. The molecular formula is C20H17N3O3. The predicted molar refractivity (Wildman–Crippen MR) is 100 cm³/mol. The zero-order chi connectivity index (χ0) is 18.2. The maximum atomic E-state index is 11.7. The Hall–Kier alpha value is -3.67. The Morgan fingerprint density at radius 3 is 2.69 bits per heavy atom. The number of hydrazone groups is 1. The lowest BCUT2D eigenvalue weighted by Crippen LogP contribution is -2.34. The molecule has 3 aromatic rings. The maximum Gasteiger partial charge on any atom is 0.259 e. The van der Waals surface area contributed by atoms with Crippen molar-refractivity contribution in [3.05, 3.63) is 78.3 Å². The fourth-order valence-corrected chi connectivity index (χ4v) is 2.28. The molecule has 0 spiro atoms. The normalized spacial score (nSPS) is 11.2. The molecule has 0 aliphatic carbocycles. The van der Waals surface area contributed by atoms with Gasteiger partial charge in [0.2, 0.25) is 5.91 Å². The van der Waals surface area contributed by atoms with Crippen LogP contribution in [0.5, 0.6) is 0 Å². The van der Waals surface area contributed by atoms with Gasteiger partial charge >= 0.3 is 0 Å². The topological polar surface area (TPSA) is 83.7 Å². The van der Waals surface area contributed by atoms with Crippen molar-refractivity contribution in [2.24, 2.45) is 5.10 Å².